The molecule has 0 unspecified atom stereocenters. The van der Waals surface area contributed by atoms with Gasteiger partial charge in [0.25, 0.3) is 0 Å². The van der Waals surface area contributed by atoms with Gasteiger partial charge in [-0.2, -0.15) is 5.06 Å². The summed E-state index contributed by atoms with van der Waals surface area (Å²) in [5.74, 6) is -1.09. The van der Waals surface area contributed by atoms with Crippen LogP contribution in [-0.2, 0) is 30.5 Å². The fraction of sp³-hybridized carbons (Fsp3) is 0.333. The smallest absolute Gasteiger partial charge is 0.434 e. The molecule has 0 radical (unpaired) electrons. The molecule has 0 bridgehead atoms. The fourth-order valence-electron chi connectivity index (χ4n) is 4.91. The van der Waals surface area contributed by atoms with Crippen LogP contribution in [0.2, 0.25) is 0 Å². The van der Waals surface area contributed by atoms with E-state index in [9.17, 15) is 19.2 Å². The summed E-state index contributed by atoms with van der Waals surface area (Å²) in [5.41, 5.74) is 5.62. The van der Waals surface area contributed by atoms with E-state index in [0.717, 1.165) is 27.3 Å². The molecule has 4 N–H and O–H groups in total. The van der Waals surface area contributed by atoms with Crippen LogP contribution in [0.5, 0.6) is 0 Å². The molecule has 0 fully saturated rings. The Balaban J connectivity index is 1.20. The molecule has 1 aliphatic rings. The summed E-state index contributed by atoms with van der Waals surface area (Å²) in [5, 5.41) is 11.9. The van der Waals surface area contributed by atoms with Crippen LogP contribution in [0, 0.1) is 0 Å². The molecule has 12 heteroatoms. The molecule has 0 saturated carbocycles. The maximum Gasteiger partial charge on any atom is 0.434 e. The lowest BCUT2D eigenvalue weighted by atomic mass is 9.98. The van der Waals surface area contributed by atoms with Crippen LogP contribution in [0.1, 0.15) is 36.5 Å². The average molecular weight is 618 g/mol. The Morgan fingerprint density at radius 2 is 1.40 bits per heavy atom. The zero-order valence-electron chi connectivity index (χ0n) is 25.8. The Morgan fingerprint density at radius 3 is 2.00 bits per heavy atom. The number of carbonyl (C=O) groups excluding carboxylic acids is 4. The van der Waals surface area contributed by atoms with Gasteiger partial charge >= 0.3 is 12.2 Å². The molecule has 45 heavy (non-hydrogen) atoms. The van der Waals surface area contributed by atoms with E-state index in [2.05, 4.69) is 33.4 Å². The number of hydrogen-bond donors (Lipinski definition) is 4. The lowest BCUT2D eigenvalue weighted by Gasteiger charge is -2.19. The van der Waals surface area contributed by atoms with Gasteiger partial charge in [0.1, 0.15) is 25.3 Å². The van der Waals surface area contributed by atoms with E-state index in [1.165, 1.54) is 21.0 Å². The number of carbonyl (C=O) groups is 4. The standard InChI is InChI=1S/C33H39N5O7/c1-21(31(40)37-24-15-13-23(14-16-24)19-45-33(42)38(43-4)18-17-34-3)35-30(39)22(2)36-32(41)44-20-29-27-11-7-5-9-25(27)26-10-6-8-12-28(26)29/h5-16,21-22,29,34H,17-20H2,1-4H3,(H,35,39)(H,36,41)(H,37,40)/t21-,22-/m0/s1. The van der Waals surface area contributed by atoms with Gasteiger partial charge in [0.05, 0.1) is 13.7 Å². The van der Waals surface area contributed by atoms with Crippen LogP contribution in [0.15, 0.2) is 72.8 Å². The Kier molecular flexibility index (Phi) is 11.5. The zero-order chi connectivity index (χ0) is 32.3. The monoisotopic (exact) mass is 617 g/mol. The zero-order valence-corrected chi connectivity index (χ0v) is 25.8. The largest absolute Gasteiger partial charge is 0.449 e. The third kappa shape index (κ3) is 8.58. The molecule has 12 nitrogen and oxygen atoms in total. The summed E-state index contributed by atoms with van der Waals surface area (Å²) < 4.78 is 10.8. The van der Waals surface area contributed by atoms with E-state index < -0.39 is 36.1 Å². The van der Waals surface area contributed by atoms with Gasteiger partial charge in [-0.25, -0.2) is 9.59 Å². The van der Waals surface area contributed by atoms with Crippen molar-refractivity contribution >= 4 is 29.7 Å². The third-order valence-corrected chi connectivity index (χ3v) is 7.40. The molecule has 0 saturated heterocycles. The number of likely N-dealkylation sites (N-methyl/N-ethyl adjacent to an activating group) is 1. The molecule has 3 aromatic rings. The quantitative estimate of drug-likeness (QED) is 0.212. The van der Waals surface area contributed by atoms with E-state index in [0.29, 0.717) is 24.3 Å². The van der Waals surface area contributed by atoms with Crippen molar-refractivity contribution < 1.29 is 33.5 Å². The van der Waals surface area contributed by atoms with Crippen LogP contribution >= 0.6 is 0 Å². The topological polar surface area (TPSA) is 147 Å². The normalized spacial score (nSPS) is 13.1. The Bertz CT molecular complexity index is 1450. The predicted molar refractivity (Wildman–Crippen MR) is 168 cm³/mol. The van der Waals surface area contributed by atoms with Crippen molar-refractivity contribution in [1.29, 1.82) is 0 Å². The van der Waals surface area contributed by atoms with Gasteiger partial charge in [-0.15, -0.1) is 0 Å². The van der Waals surface area contributed by atoms with Gasteiger partial charge < -0.3 is 30.7 Å². The van der Waals surface area contributed by atoms with Crippen LogP contribution in [0.4, 0.5) is 15.3 Å². The van der Waals surface area contributed by atoms with Gasteiger partial charge in [-0.3, -0.25) is 14.4 Å². The number of hydroxylamine groups is 2. The highest BCUT2D eigenvalue weighted by atomic mass is 16.7. The van der Waals surface area contributed by atoms with Crippen molar-refractivity contribution in [3.63, 3.8) is 0 Å². The number of hydrogen-bond acceptors (Lipinski definition) is 8. The van der Waals surface area contributed by atoms with Crippen molar-refractivity contribution in [1.82, 2.24) is 21.0 Å². The molecular weight excluding hydrogens is 578 g/mol. The minimum atomic E-state index is -0.940. The van der Waals surface area contributed by atoms with Crippen LogP contribution in [0.3, 0.4) is 0 Å². The van der Waals surface area contributed by atoms with E-state index in [-0.39, 0.29) is 19.1 Å². The number of benzene rings is 3. The summed E-state index contributed by atoms with van der Waals surface area (Å²) in [4.78, 5) is 55.1. The van der Waals surface area contributed by atoms with Crippen molar-refractivity contribution in [2.75, 3.05) is 39.2 Å². The highest BCUT2D eigenvalue weighted by Gasteiger charge is 2.29. The lowest BCUT2D eigenvalue weighted by molar-refractivity contribution is -0.127. The van der Waals surface area contributed by atoms with Crippen molar-refractivity contribution in [2.45, 2.75) is 38.5 Å². The maximum absolute atomic E-state index is 12.7. The van der Waals surface area contributed by atoms with Crippen molar-refractivity contribution in [3.05, 3.63) is 89.5 Å². The molecule has 2 atom stereocenters. The maximum atomic E-state index is 12.7. The summed E-state index contributed by atoms with van der Waals surface area (Å²) in [6.45, 7) is 4.07. The molecule has 238 valence electrons. The minimum absolute atomic E-state index is 0.0213. The number of rotatable bonds is 13. The molecule has 3 aromatic carbocycles. The lowest BCUT2D eigenvalue weighted by Crippen LogP contribution is -2.50. The molecule has 4 amide bonds. The number of anilines is 1. The molecule has 0 aliphatic heterocycles. The molecule has 0 heterocycles. The summed E-state index contributed by atoms with van der Waals surface area (Å²) >= 11 is 0. The van der Waals surface area contributed by atoms with Crippen molar-refractivity contribution in [2.24, 2.45) is 0 Å². The second kappa shape index (κ2) is 15.7. The highest BCUT2D eigenvalue weighted by molar-refractivity contribution is 5.97. The average Bonchev–Trinajstić information content (AvgIpc) is 3.37. The number of alkyl carbamates (subject to hydrolysis) is 1. The van der Waals surface area contributed by atoms with E-state index in [1.807, 2.05) is 36.4 Å². The fourth-order valence-corrected chi connectivity index (χ4v) is 4.91. The van der Waals surface area contributed by atoms with E-state index in [1.54, 1.807) is 31.3 Å². The molecular formula is C33H39N5O7. The highest BCUT2D eigenvalue weighted by Crippen LogP contribution is 2.44. The summed E-state index contributed by atoms with van der Waals surface area (Å²) in [6, 6.07) is 20.9. The van der Waals surface area contributed by atoms with Crippen LogP contribution in [0.25, 0.3) is 11.1 Å². The number of nitrogens with zero attached hydrogens (tertiary/aromatic N) is 1. The Morgan fingerprint density at radius 1 is 0.800 bits per heavy atom. The molecule has 0 spiro atoms. The number of amides is 4. The van der Waals surface area contributed by atoms with Gasteiger partial charge in [-0.1, -0.05) is 60.7 Å². The molecule has 1 aliphatic carbocycles. The summed E-state index contributed by atoms with van der Waals surface area (Å²) in [6.07, 6.45) is -1.34. The summed E-state index contributed by atoms with van der Waals surface area (Å²) in [7, 11) is 3.15. The van der Waals surface area contributed by atoms with E-state index >= 15 is 0 Å². The second-order valence-corrected chi connectivity index (χ2v) is 10.6. The number of fused-ring (bicyclic) bond motifs is 3. The van der Waals surface area contributed by atoms with Gasteiger partial charge in [0, 0.05) is 18.2 Å². The van der Waals surface area contributed by atoms with E-state index in [4.69, 9.17) is 14.3 Å². The molecule has 4 rings (SSSR count). The first-order valence-electron chi connectivity index (χ1n) is 14.7. The first-order valence-corrected chi connectivity index (χ1v) is 14.7. The number of nitrogens with one attached hydrogen (secondary N) is 4. The minimum Gasteiger partial charge on any atom is -0.449 e. The Hall–Kier alpha value is -4.94. The molecule has 0 aromatic heterocycles. The van der Waals surface area contributed by atoms with Crippen LogP contribution < -0.4 is 21.3 Å². The van der Waals surface area contributed by atoms with Gasteiger partial charge in [0.15, 0.2) is 0 Å². The second-order valence-electron chi connectivity index (χ2n) is 10.6. The van der Waals surface area contributed by atoms with Gasteiger partial charge in [0.2, 0.25) is 11.8 Å². The predicted octanol–water partition coefficient (Wildman–Crippen LogP) is 3.78. The Labute approximate surface area is 262 Å². The SMILES string of the molecule is CNCCN(OC)C(=O)OCc1ccc(NC(=O)[C@H](C)NC(=O)[C@H](C)NC(=O)OCC2c3ccccc3-c3ccccc32)cc1. The first kappa shape index (κ1) is 33.0. The first-order chi connectivity index (χ1) is 21.7. The van der Waals surface area contributed by atoms with Crippen LogP contribution in [-0.4, -0.2) is 75.0 Å². The van der Waals surface area contributed by atoms with Gasteiger partial charge in [-0.05, 0) is 60.8 Å². The third-order valence-electron chi connectivity index (χ3n) is 7.40. The van der Waals surface area contributed by atoms with Crippen molar-refractivity contribution in [3.8, 4) is 11.1 Å². The number of ether oxygens (including phenoxy) is 2.